The summed E-state index contributed by atoms with van der Waals surface area (Å²) in [5.74, 6) is 2.04. The zero-order valence-electron chi connectivity index (χ0n) is 12.5. The van der Waals surface area contributed by atoms with E-state index in [1.165, 1.54) is 58.2 Å². The molecule has 3 rings (SSSR count). The molecule has 3 heteroatoms. The summed E-state index contributed by atoms with van der Waals surface area (Å²) in [7, 11) is 2.10. The molecule has 3 fully saturated rings. The Morgan fingerprint density at radius 1 is 1.05 bits per heavy atom. The molecule has 0 amide bonds. The van der Waals surface area contributed by atoms with Gasteiger partial charge in [0.25, 0.3) is 0 Å². The molecule has 0 spiro atoms. The quantitative estimate of drug-likeness (QED) is 0.728. The van der Waals surface area contributed by atoms with Gasteiger partial charge in [-0.3, -0.25) is 0 Å². The van der Waals surface area contributed by atoms with Gasteiger partial charge in [0.1, 0.15) is 0 Å². The highest BCUT2D eigenvalue weighted by atomic mass is 16.5. The third-order valence-electron chi connectivity index (χ3n) is 5.09. The molecule has 2 aliphatic carbocycles. The fourth-order valence-electron chi connectivity index (χ4n) is 3.58. The summed E-state index contributed by atoms with van der Waals surface area (Å²) in [6.07, 6.45) is 8.37. The van der Waals surface area contributed by atoms with Gasteiger partial charge in [-0.2, -0.15) is 0 Å². The molecule has 1 saturated heterocycles. The van der Waals surface area contributed by atoms with E-state index in [4.69, 9.17) is 4.74 Å². The van der Waals surface area contributed by atoms with Crippen LogP contribution in [-0.4, -0.2) is 51.3 Å². The second-order valence-corrected chi connectivity index (χ2v) is 7.22. The lowest BCUT2D eigenvalue weighted by Gasteiger charge is -2.41. The van der Waals surface area contributed by atoms with Gasteiger partial charge in [-0.05, 0) is 62.8 Å². The van der Waals surface area contributed by atoms with Crippen LogP contribution in [0, 0.1) is 17.3 Å². The summed E-state index contributed by atoms with van der Waals surface area (Å²) < 4.78 is 5.59. The molecule has 1 aliphatic heterocycles. The molecule has 3 aliphatic rings. The van der Waals surface area contributed by atoms with Crippen molar-refractivity contribution in [2.24, 2.45) is 17.3 Å². The monoisotopic (exact) mass is 266 g/mol. The standard InChI is InChI=1S/C16H30N2O/c1-17-12-16(6-8-19-9-7-16)13-18(10-14-2-3-14)11-15-4-5-15/h14-15,17H,2-13H2,1H3. The molecule has 2 saturated carbocycles. The van der Waals surface area contributed by atoms with Crippen molar-refractivity contribution >= 4 is 0 Å². The van der Waals surface area contributed by atoms with E-state index in [0.717, 1.165) is 31.6 Å². The maximum atomic E-state index is 5.59. The topological polar surface area (TPSA) is 24.5 Å². The summed E-state index contributed by atoms with van der Waals surface area (Å²) in [5, 5.41) is 3.44. The molecule has 0 unspecified atom stereocenters. The fourth-order valence-corrected chi connectivity index (χ4v) is 3.58. The second-order valence-electron chi connectivity index (χ2n) is 7.22. The Hall–Kier alpha value is -0.120. The molecular formula is C16H30N2O. The maximum absolute atomic E-state index is 5.59. The van der Waals surface area contributed by atoms with Crippen molar-refractivity contribution in [3.05, 3.63) is 0 Å². The summed E-state index contributed by atoms with van der Waals surface area (Å²) in [6.45, 7) is 7.10. The van der Waals surface area contributed by atoms with E-state index in [-0.39, 0.29) is 0 Å². The van der Waals surface area contributed by atoms with Crippen molar-refractivity contribution in [2.45, 2.75) is 38.5 Å². The highest BCUT2D eigenvalue weighted by Gasteiger charge is 2.37. The first-order chi connectivity index (χ1) is 9.30. The van der Waals surface area contributed by atoms with E-state index < -0.39 is 0 Å². The predicted molar refractivity (Wildman–Crippen MR) is 78.3 cm³/mol. The van der Waals surface area contributed by atoms with Crippen LogP contribution >= 0.6 is 0 Å². The molecule has 19 heavy (non-hydrogen) atoms. The van der Waals surface area contributed by atoms with Gasteiger partial charge >= 0.3 is 0 Å². The molecule has 1 heterocycles. The Balaban J connectivity index is 1.58. The smallest absolute Gasteiger partial charge is 0.0472 e. The van der Waals surface area contributed by atoms with E-state index in [9.17, 15) is 0 Å². The van der Waals surface area contributed by atoms with E-state index in [1.807, 2.05) is 0 Å². The van der Waals surface area contributed by atoms with Gasteiger partial charge in [0.2, 0.25) is 0 Å². The van der Waals surface area contributed by atoms with Crippen LogP contribution in [-0.2, 0) is 4.74 Å². The maximum Gasteiger partial charge on any atom is 0.0472 e. The van der Waals surface area contributed by atoms with Crippen LogP contribution in [0.5, 0.6) is 0 Å². The molecule has 3 nitrogen and oxygen atoms in total. The Kier molecular flexibility index (Phi) is 4.45. The van der Waals surface area contributed by atoms with Gasteiger partial charge in [-0.25, -0.2) is 0 Å². The van der Waals surface area contributed by atoms with Crippen LogP contribution in [0.15, 0.2) is 0 Å². The third kappa shape index (κ3) is 4.17. The molecule has 0 aromatic carbocycles. The number of nitrogens with one attached hydrogen (secondary N) is 1. The van der Waals surface area contributed by atoms with E-state index >= 15 is 0 Å². The average molecular weight is 266 g/mol. The summed E-state index contributed by atoms with van der Waals surface area (Å²) in [4.78, 5) is 2.80. The SMILES string of the molecule is CNCC1(CN(CC2CC2)CC2CC2)CCOCC1. The van der Waals surface area contributed by atoms with Crippen LogP contribution in [0.25, 0.3) is 0 Å². The zero-order chi connectivity index (χ0) is 13.1. The third-order valence-corrected chi connectivity index (χ3v) is 5.09. The van der Waals surface area contributed by atoms with Crippen molar-refractivity contribution in [2.75, 3.05) is 46.4 Å². The van der Waals surface area contributed by atoms with Gasteiger partial charge in [0.15, 0.2) is 0 Å². The lowest BCUT2D eigenvalue weighted by Crippen LogP contribution is -2.47. The summed E-state index contributed by atoms with van der Waals surface area (Å²) in [6, 6.07) is 0. The Morgan fingerprint density at radius 3 is 2.11 bits per heavy atom. The molecule has 0 atom stereocenters. The molecular weight excluding hydrogens is 236 g/mol. The number of rotatable bonds is 8. The van der Waals surface area contributed by atoms with Crippen LogP contribution in [0.4, 0.5) is 0 Å². The van der Waals surface area contributed by atoms with Crippen molar-refractivity contribution in [1.82, 2.24) is 10.2 Å². The lowest BCUT2D eigenvalue weighted by molar-refractivity contribution is -0.00495. The fraction of sp³-hybridized carbons (Fsp3) is 1.00. The number of ether oxygens (including phenoxy) is 1. The first kappa shape index (κ1) is 13.8. The molecule has 1 N–H and O–H groups in total. The van der Waals surface area contributed by atoms with Crippen LogP contribution in [0.2, 0.25) is 0 Å². The van der Waals surface area contributed by atoms with Gasteiger partial charge in [0.05, 0.1) is 0 Å². The number of nitrogens with zero attached hydrogens (tertiary/aromatic N) is 1. The van der Waals surface area contributed by atoms with Gasteiger partial charge in [-0.1, -0.05) is 0 Å². The first-order valence-electron chi connectivity index (χ1n) is 8.24. The minimum atomic E-state index is 0.469. The highest BCUT2D eigenvalue weighted by molar-refractivity contribution is 4.90. The van der Waals surface area contributed by atoms with E-state index in [1.54, 1.807) is 0 Å². The lowest BCUT2D eigenvalue weighted by atomic mass is 9.79. The minimum absolute atomic E-state index is 0.469. The van der Waals surface area contributed by atoms with E-state index in [0.29, 0.717) is 5.41 Å². The van der Waals surface area contributed by atoms with Crippen molar-refractivity contribution in [3.8, 4) is 0 Å². The van der Waals surface area contributed by atoms with Gasteiger partial charge < -0.3 is 15.0 Å². The molecule has 0 aromatic rings. The Morgan fingerprint density at radius 2 is 1.63 bits per heavy atom. The first-order valence-corrected chi connectivity index (χ1v) is 8.24. The largest absolute Gasteiger partial charge is 0.381 e. The predicted octanol–water partition coefficient (Wildman–Crippen LogP) is 2.12. The highest BCUT2D eigenvalue weighted by Crippen LogP contribution is 2.37. The van der Waals surface area contributed by atoms with Crippen molar-refractivity contribution in [3.63, 3.8) is 0 Å². The average Bonchev–Trinajstić information content (AvgIpc) is 3.27. The van der Waals surface area contributed by atoms with Gasteiger partial charge in [-0.15, -0.1) is 0 Å². The Bertz CT molecular complexity index is 261. The minimum Gasteiger partial charge on any atom is -0.381 e. The van der Waals surface area contributed by atoms with Crippen molar-refractivity contribution in [1.29, 1.82) is 0 Å². The number of hydrogen-bond donors (Lipinski definition) is 1. The second kappa shape index (κ2) is 6.11. The number of hydrogen-bond acceptors (Lipinski definition) is 3. The van der Waals surface area contributed by atoms with Crippen LogP contribution in [0.3, 0.4) is 0 Å². The van der Waals surface area contributed by atoms with Crippen molar-refractivity contribution < 1.29 is 4.74 Å². The van der Waals surface area contributed by atoms with E-state index in [2.05, 4.69) is 17.3 Å². The Labute approximate surface area is 118 Å². The molecule has 110 valence electrons. The summed E-state index contributed by atoms with van der Waals surface area (Å²) >= 11 is 0. The van der Waals surface area contributed by atoms with Crippen LogP contribution < -0.4 is 5.32 Å². The van der Waals surface area contributed by atoms with Crippen LogP contribution in [0.1, 0.15) is 38.5 Å². The zero-order valence-corrected chi connectivity index (χ0v) is 12.5. The van der Waals surface area contributed by atoms with Gasteiger partial charge in [0, 0.05) is 39.4 Å². The normalized spacial score (nSPS) is 26.8. The molecule has 0 radical (unpaired) electrons. The molecule has 0 aromatic heterocycles. The summed E-state index contributed by atoms with van der Waals surface area (Å²) in [5.41, 5.74) is 0.469. The molecule has 0 bridgehead atoms.